The second kappa shape index (κ2) is 7.59. The maximum Gasteiger partial charge on any atom is 0.408 e. The molecule has 2 amide bonds. The largest absolute Gasteiger partial charge is 0.457 e. The fourth-order valence-corrected chi connectivity index (χ4v) is 4.42. The number of fused-ring (bicyclic) bond motifs is 2. The zero-order chi connectivity index (χ0) is 22.5. The van der Waals surface area contributed by atoms with Crippen LogP contribution in [0.2, 0.25) is 0 Å². The van der Waals surface area contributed by atoms with Crippen molar-refractivity contribution in [1.29, 1.82) is 0 Å². The molecular weight excluding hydrogens is 409 g/mol. The van der Waals surface area contributed by atoms with Gasteiger partial charge in [0.2, 0.25) is 11.8 Å². The molecule has 4 atom stereocenters. The van der Waals surface area contributed by atoms with E-state index in [1.807, 2.05) is 49.5 Å². The summed E-state index contributed by atoms with van der Waals surface area (Å²) in [4.78, 5) is 25.6. The summed E-state index contributed by atoms with van der Waals surface area (Å²) in [5.74, 6) is -2.27. The minimum Gasteiger partial charge on any atom is -0.457 e. The third-order valence-electron chi connectivity index (χ3n) is 6.01. The molecule has 0 aliphatic carbocycles. The van der Waals surface area contributed by atoms with Crippen LogP contribution in [0.15, 0.2) is 36.4 Å². The number of benzene rings is 2. The lowest BCUT2D eigenvalue weighted by atomic mass is 9.82. The lowest BCUT2D eigenvalue weighted by Crippen LogP contribution is -2.57. The van der Waals surface area contributed by atoms with Crippen LogP contribution in [0.4, 0.5) is 13.2 Å². The Balaban J connectivity index is 1.65. The first-order valence-electron chi connectivity index (χ1n) is 10.1. The van der Waals surface area contributed by atoms with Crippen molar-refractivity contribution >= 4 is 11.8 Å². The molecule has 0 radical (unpaired) electrons. The van der Waals surface area contributed by atoms with E-state index in [0.29, 0.717) is 11.5 Å². The van der Waals surface area contributed by atoms with Crippen molar-refractivity contribution < 1.29 is 27.5 Å². The molecule has 4 rings (SSSR count). The van der Waals surface area contributed by atoms with Crippen molar-refractivity contribution in [2.45, 2.75) is 45.5 Å². The molecule has 8 heteroatoms. The molecule has 4 unspecified atom stereocenters. The van der Waals surface area contributed by atoms with Crippen LogP contribution in [-0.2, 0) is 9.59 Å². The third kappa shape index (κ3) is 3.86. The van der Waals surface area contributed by atoms with Crippen LogP contribution >= 0.6 is 0 Å². The molecule has 2 aromatic rings. The average Bonchev–Trinajstić information content (AvgIpc) is 2.66. The first-order chi connectivity index (χ1) is 14.6. The lowest BCUT2D eigenvalue weighted by molar-refractivity contribution is -0.175. The molecule has 0 spiro atoms. The van der Waals surface area contributed by atoms with Crippen LogP contribution in [-0.4, -0.2) is 24.0 Å². The van der Waals surface area contributed by atoms with Gasteiger partial charge >= 0.3 is 6.18 Å². The SMILES string of the molecule is Cc1ccc2c(c1)Oc1cccc(C)c1C2NC(=O)C1C(=O)NC(C(F)(F)F)CC1C. The van der Waals surface area contributed by atoms with Crippen LogP contribution in [0.5, 0.6) is 11.5 Å². The second-order valence-corrected chi connectivity index (χ2v) is 8.37. The van der Waals surface area contributed by atoms with Gasteiger partial charge in [0.05, 0.1) is 6.04 Å². The van der Waals surface area contributed by atoms with Crippen molar-refractivity contribution in [3.8, 4) is 11.5 Å². The van der Waals surface area contributed by atoms with Gasteiger partial charge in [0.15, 0.2) is 0 Å². The Kier molecular flexibility index (Phi) is 5.19. The number of hydrogen-bond donors (Lipinski definition) is 2. The molecule has 2 aliphatic heterocycles. The predicted octanol–water partition coefficient (Wildman–Crippen LogP) is 4.32. The Morgan fingerprint density at radius 1 is 1.16 bits per heavy atom. The first-order valence-corrected chi connectivity index (χ1v) is 10.1. The van der Waals surface area contributed by atoms with E-state index >= 15 is 0 Å². The van der Waals surface area contributed by atoms with Crippen LogP contribution < -0.4 is 15.4 Å². The zero-order valence-electron chi connectivity index (χ0n) is 17.3. The Hall–Kier alpha value is -3.03. The number of rotatable bonds is 2. The first kappa shape index (κ1) is 21.2. The molecule has 2 aliphatic rings. The molecule has 1 fully saturated rings. The van der Waals surface area contributed by atoms with E-state index in [-0.39, 0.29) is 6.42 Å². The fourth-order valence-electron chi connectivity index (χ4n) is 4.42. The van der Waals surface area contributed by atoms with Crippen LogP contribution in [0.1, 0.15) is 41.6 Å². The van der Waals surface area contributed by atoms with Gasteiger partial charge in [0.25, 0.3) is 0 Å². The molecule has 5 nitrogen and oxygen atoms in total. The predicted molar refractivity (Wildman–Crippen MR) is 108 cm³/mol. The van der Waals surface area contributed by atoms with Gasteiger partial charge in [-0.05, 0) is 49.4 Å². The van der Waals surface area contributed by atoms with Gasteiger partial charge in [-0.1, -0.05) is 31.2 Å². The number of amides is 2. The highest BCUT2D eigenvalue weighted by Crippen LogP contribution is 2.45. The van der Waals surface area contributed by atoms with Gasteiger partial charge in [0.1, 0.15) is 23.5 Å². The Morgan fingerprint density at radius 2 is 1.90 bits per heavy atom. The summed E-state index contributed by atoms with van der Waals surface area (Å²) < 4.78 is 45.2. The van der Waals surface area contributed by atoms with Gasteiger partial charge in [-0.2, -0.15) is 13.2 Å². The van der Waals surface area contributed by atoms with E-state index in [0.717, 1.165) is 22.3 Å². The van der Waals surface area contributed by atoms with Crippen molar-refractivity contribution in [3.05, 3.63) is 58.7 Å². The highest BCUT2D eigenvalue weighted by atomic mass is 19.4. The highest BCUT2D eigenvalue weighted by molar-refractivity contribution is 6.01. The molecule has 0 saturated carbocycles. The standard InChI is InChI=1S/C23H23F3N2O3/c1-11-7-8-14-16(9-11)31-15-6-4-5-12(2)18(15)20(14)28-22(30)19-13(3)10-17(23(24,25)26)27-21(19)29/h4-9,13,17,19-20H,10H2,1-3H3,(H,27,29)(H,28,30). The quantitative estimate of drug-likeness (QED) is 0.695. The maximum absolute atomic E-state index is 13.1. The summed E-state index contributed by atoms with van der Waals surface area (Å²) in [5.41, 5.74) is 3.38. The molecule has 31 heavy (non-hydrogen) atoms. The maximum atomic E-state index is 13.1. The Labute approximate surface area is 178 Å². The number of carbonyl (C=O) groups is 2. The summed E-state index contributed by atoms with van der Waals surface area (Å²) >= 11 is 0. The number of carbonyl (C=O) groups excluding carboxylic acids is 2. The average molecular weight is 432 g/mol. The van der Waals surface area contributed by atoms with Crippen LogP contribution in [0.3, 0.4) is 0 Å². The van der Waals surface area contributed by atoms with E-state index < -0.39 is 41.9 Å². The molecular formula is C23H23F3N2O3. The van der Waals surface area contributed by atoms with E-state index in [4.69, 9.17) is 4.74 Å². The highest BCUT2D eigenvalue weighted by Gasteiger charge is 2.49. The van der Waals surface area contributed by atoms with E-state index in [1.54, 1.807) is 6.07 Å². The van der Waals surface area contributed by atoms with Crippen molar-refractivity contribution in [2.24, 2.45) is 11.8 Å². The third-order valence-corrected chi connectivity index (χ3v) is 6.01. The molecule has 2 N–H and O–H groups in total. The number of halogens is 3. The number of piperidine rings is 1. The molecule has 164 valence electrons. The van der Waals surface area contributed by atoms with Crippen molar-refractivity contribution in [1.82, 2.24) is 10.6 Å². The smallest absolute Gasteiger partial charge is 0.408 e. The molecule has 0 bridgehead atoms. The summed E-state index contributed by atoms with van der Waals surface area (Å²) in [6.45, 7) is 5.32. The molecule has 2 heterocycles. The van der Waals surface area contributed by atoms with Gasteiger partial charge in [0, 0.05) is 11.1 Å². The van der Waals surface area contributed by atoms with Gasteiger partial charge in [-0.15, -0.1) is 0 Å². The second-order valence-electron chi connectivity index (χ2n) is 8.37. The van der Waals surface area contributed by atoms with Crippen LogP contribution in [0, 0.1) is 25.7 Å². The number of aryl methyl sites for hydroxylation is 2. The number of alkyl halides is 3. The molecule has 0 aromatic heterocycles. The van der Waals surface area contributed by atoms with Crippen LogP contribution in [0.25, 0.3) is 0 Å². The summed E-state index contributed by atoms with van der Waals surface area (Å²) in [6, 6.07) is 8.65. The Morgan fingerprint density at radius 3 is 2.58 bits per heavy atom. The molecule has 2 aromatic carbocycles. The fraction of sp³-hybridized carbons (Fsp3) is 0.391. The zero-order valence-corrected chi connectivity index (χ0v) is 17.3. The van der Waals surface area contributed by atoms with E-state index in [1.165, 1.54) is 6.92 Å². The lowest BCUT2D eigenvalue weighted by Gasteiger charge is -2.36. The number of nitrogens with one attached hydrogen (secondary N) is 2. The number of hydrogen-bond acceptors (Lipinski definition) is 3. The van der Waals surface area contributed by atoms with Crippen molar-refractivity contribution in [2.75, 3.05) is 0 Å². The Bertz CT molecular complexity index is 1050. The normalized spacial score (nSPS) is 25.0. The van der Waals surface area contributed by atoms with Crippen molar-refractivity contribution in [3.63, 3.8) is 0 Å². The summed E-state index contributed by atoms with van der Waals surface area (Å²) in [6.07, 6.45) is -4.88. The minimum atomic E-state index is -4.54. The van der Waals surface area contributed by atoms with Gasteiger partial charge < -0.3 is 15.4 Å². The van der Waals surface area contributed by atoms with Gasteiger partial charge in [-0.3, -0.25) is 9.59 Å². The summed E-state index contributed by atoms with van der Waals surface area (Å²) in [5, 5.41) is 4.88. The minimum absolute atomic E-state index is 0.341. The summed E-state index contributed by atoms with van der Waals surface area (Å²) in [7, 11) is 0. The topological polar surface area (TPSA) is 67.4 Å². The monoisotopic (exact) mass is 432 g/mol. The van der Waals surface area contributed by atoms with E-state index in [9.17, 15) is 22.8 Å². The number of ether oxygens (including phenoxy) is 1. The molecule has 1 saturated heterocycles. The van der Waals surface area contributed by atoms with E-state index in [2.05, 4.69) is 5.32 Å². The van der Waals surface area contributed by atoms with Gasteiger partial charge in [-0.25, -0.2) is 0 Å².